The Bertz CT molecular complexity index is 554. The number of hydrogen-bond acceptors (Lipinski definition) is 4. The molecule has 1 N–H and O–H groups in total. The second kappa shape index (κ2) is 7.67. The van der Waals surface area contributed by atoms with Crippen molar-refractivity contribution in [3.63, 3.8) is 0 Å². The number of rotatable bonds is 7. The van der Waals surface area contributed by atoms with E-state index in [1.807, 2.05) is 18.2 Å². The first-order chi connectivity index (χ1) is 9.65. The van der Waals surface area contributed by atoms with E-state index in [1.165, 1.54) is 0 Å². The van der Waals surface area contributed by atoms with Crippen molar-refractivity contribution < 1.29 is 4.21 Å². The average Bonchev–Trinajstić information content (AvgIpc) is 2.93. The van der Waals surface area contributed by atoms with Gasteiger partial charge in [0.25, 0.3) is 0 Å². The highest BCUT2D eigenvalue weighted by Crippen LogP contribution is 2.21. The normalized spacial score (nSPS) is 14.1. The van der Waals surface area contributed by atoms with Crippen LogP contribution in [0.15, 0.2) is 35.7 Å². The van der Waals surface area contributed by atoms with E-state index in [1.54, 1.807) is 17.6 Å². The van der Waals surface area contributed by atoms with Gasteiger partial charge in [-0.2, -0.15) is 0 Å². The Morgan fingerprint density at radius 3 is 2.80 bits per heavy atom. The minimum atomic E-state index is -0.708. The van der Waals surface area contributed by atoms with Gasteiger partial charge in [-0.25, -0.2) is 4.98 Å². The van der Waals surface area contributed by atoms with Crippen molar-refractivity contribution in [3.8, 4) is 11.3 Å². The molecule has 0 aliphatic rings. The minimum absolute atomic E-state index is 0.364. The summed E-state index contributed by atoms with van der Waals surface area (Å²) in [5.74, 6) is 0.751. The van der Waals surface area contributed by atoms with Crippen molar-refractivity contribution in [1.29, 1.82) is 0 Å². The molecule has 0 radical (unpaired) electrons. The zero-order chi connectivity index (χ0) is 14.4. The van der Waals surface area contributed by atoms with E-state index in [0.717, 1.165) is 35.0 Å². The molecule has 2 atom stereocenters. The van der Waals surface area contributed by atoms with Crippen LogP contribution in [0.1, 0.15) is 18.4 Å². The van der Waals surface area contributed by atoms with E-state index in [4.69, 9.17) is 0 Å². The second-order valence-electron chi connectivity index (χ2n) is 4.84. The molecule has 2 aromatic rings. The quantitative estimate of drug-likeness (QED) is 0.855. The molecule has 5 heteroatoms. The molecule has 0 saturated carbocycles. The molecule has 1 heterocycles. The monoisotopic (exact) mass is 308 g/mol. The zero-order valence-electron chi connectivity index (χ0n) is 11.8. The van der Waals surface area contributed by atoms with E-state index in [2.05, 4.69) is 34.7 Å². The third-order valence-electron chi connectivity index (χ3n) is 3.06. The van der Waals surface area contributed by atoms with Crippen LogP contribution in [0, 0.1) is 0 Å². The lowest BCUT2D eigenvalue weighted by atomic mass is 10.2. The van der Waals surface area contributed by atoms with Crippen LogP contribution in [0.5, 0.6) is 0 Å². The number of hydrogen-bond donors (Lipinski definition) is 1. The Balaban J connectivity index is 1.86. The van der Waals surface area contributed by atoms with Crippen LogP contribution in [-0.4, -0.2) is 27.2 Å². The molecule has 0 amide bonds. The summed E-state index contributed by atoms with van der Waals surface area (Å²) in [6, 6.07) is 10.6. The molecule has 2 unspecified atom stereocenters. The van der Waals surface area contributed by atoms with Crippen molar-refractivity contribution in [2.75, 3.05) is 12.0 Å². The van der Waals surface area contributed by atoms with Gasteiger partial charge in [0.05, 0.1) is 5.69 Å². The molecular weight excluding hydrogens is 288 g/mol. The smallest absolute Gasteiger partial charge is 0.107 e. The van der Waals surface area contributed by atoms with E-state index in [-0.39, 0.29) is 0 Å². The maximum Gasteiger partial charge on any atom is 0.107 e. The van der Waals surface area contributed by atoms with Gasteiger partial charge < -0.3 is 5.32 Å². The molecule has 3 nitrogen and oxygen atoms in total. The molecule has 2 rings (SSSR count). The average molecular weight is 308 g/mol. The van der Waals surface area contributed by atoms with Crippen molar-refractivity contribution in [2.45, 2.75) is 25.9 Å². The highest BCUT2D eigenvalue weighted by molar-refractivity contribution is 7.84. The van der Waals surface area contributed by atoms with Crippen LogP contribution in [0.3, 0.4) is 0 Å². The van der Waals surface area contributed by atoms with Crippen LogP contribution in [0.4, 0.5) is 0 Å². The summed E-state index contributed by atoms with van der Waals surface area (Å²) in [6.45, 7) is 2.90. The first kappa shape index (κ1) is 15.4. The molecule has 108 valence electrons. The predicted molar refractivity (Wildman–Crippen MR) is 87.4 cm³/mol. The molecule has 0 fully saturated rings. The van der Waals surface area contributed by atoms with Gasteiger partial charge in [0.15, 0.2) is 0 Å². The Hall–Kier alpha value is -1.04. The number of thiazole rings is 1. The fraction of sp³-hybridized carbons (Fsp3) is 0.400. The summed E-state index contributed by atoms with van der Waals surface area (Å²) in [5.41, 5.74) is 2.19. The summed E-state index contributed by atoms with van der Waals surface area (Å²) < 4.78 is 11.1. The van der Waals surface area contributed by atoms with Crippen LogP contribution in [0.2, 0.25) is 0 Å². The number of nitrogens with zero attached hydrogens (tertiary/aromatic N) is 1. The summed E-state index contributed by atoms with van der Waals surface area (Å²) >= 11 is 1.68. The number of benzene rings is 1. The van der Waals surface area contributed by atoms with Gasteiger partial charge in [0.1, 0.15) is 5.01 Å². The third-order valence-corrected chi connectivity index (χ3v) is 4.72. The molecule has 0 aliphatic carbocycles. The summed E-state index contributed by atoms with van der Waals surface area (Å²) in [4.78, 5) is 4.64. The molecule has 1 aromatic carbocycles. The van der Waals surface area contributed by atoms with Gasteiger partial charge in [-0.15, -0.1) is 11.3 Å². The van der Waals surface area contributed by atoms with Crippen molar-refractivity contribution >= 4 is 22.1 Å². The van der Waals surface area contributed by atoms with Crippen molar-refractivity contribution in [1.82, 2.24) is 10.3 Å². The number of nitrogens with one attached hydrogen (secondary N) is 1. The molecule has 0 aliphatic heterocycles. The molecule has 1 aromatic heterocycles. The lowest BCUT2D eigenvalue weighted by molar-refractivity contribution is 0.534. The second-order valence-corrected chi connectivity index (χ2v) is 7.34. The fourth-order valence-electron chi connectivity index (χ4n) is 1.84. The number of aromatic nitrogens is 1. The molecular formula is C15H20N2OS2. The van der Waals surface area contributed by atoms with Crippen molar-refractivity contribution in [2.24, 2.45) is 0 Å². The van der Waals surface area contributed by atoms with Gasteiger partial charge in [-0.05, 0) is 13.3 Å². The molecule has 0 spiro atoms. The first-order valence-corrected chi connectivity index (χ1v) is 9.29. The zero-order valence-corrected chi connectivity index (χ0v) is 13.5. The van der Waals surface area contributed by atoms with Crippen LogP contribution >= 0.6 is 11.3 Å². The maximum atomic E-state index is 11.1. The first-order valence-electron chi connectivity index (χ1n) is 6.68. The van der Waals surface area contributed by atoms with Gasteiger partial charge in [-0.1, -0.05) is 30.3 Å². The third kappa shape index (κ3) is 4.81. The molecule has 20 heavy (non-hydrogen) atoms. The van der Waals surface area contributed by atoms with Crippen LogP contribution < -0.4 is 5.32 Å². The van der Waals surface area contributed by atoms with Crippen LogP contribution in [0.25, 0.3) is 11.3 Å². The van der Waals surface area contributed by atoms with Crippen molar-refractivity contribution in [3.05, 3.63) is 40.7 Å². The highest BCUT2D eigenvalue weighted by atomic mass is 32.2. The summed E-state index contributed by atoms with van der Waals surface area (Å²) in [7, 11) is -0.708. The van der Waals surface area contributed by atoms with E-state index < -0.39 is 10.8 Å². The van der Waals surface area contributed by atoms with E-state index >= 15 is 0 Å². The summed E-state index contributed by atoms with van der Waals surface area (Å²) in [6.07, 6.45) is 2.68. The molecule has 0 bridgehead atoms. The Morgan fingerprint density at radius 2 is 2.10 bits per heavy atom. The van der Waals surface area contributed by atoms with Crippen LogP contribution in [-0.2, 0) is 17.3 Å². The van der Waals surface area contributed by atoms with Gasteiger partial charge in [0.2, 0.25) is 0 Å². The Kier molecular flexibility index (Phi) is 5.88. The Labute approximate surface area is 126 Å². The lowest BCUT2D eigenvalue weighted by Gasteiger charge is -2.11. The summed E-state index contributed by atoms with van der Waals surface area (Å²) in [5, 5.41) is 6.62. The lowest BCUT2D eigenvalue weighted by Crippen LogP contribution is -2.26. The van der Waals surface area contributed by atoms with Gasteiger partial charge in [-0.3, -0.25) is 4.21 Å². The van der Waals surface area contributed by atoms with E-state index in [0.29, 0.717) is 6.04 Å². The maximum absolute atomic E-state index is 11.1. The molecule has 0 saturated heterocycles. The van der Waals surface area contributed by atoms with Gasteiger partial charge >= 0.3 is 0 Å². The SMILES string of the molecule is CC(CCS(C)=O)NCc1nc(-c2ccccc2)cs1. The van der Waals surface area contributed by atoms with E-state index in [9.17, 15) is 4.21 Å². The minimum Gasteiger partial charge on any atom is -0.308 e. The van der Waals surface area contributed by atoms with Gasteiger partial charge in [0, 0.05) is 46.3 Å². The highest BCUT2D eigenvalue weighted by Gasteiger charge is 2.06. The topological polar surface area (TPSA) is 42.0 Å². The fourth-order valence-corrected chi connectivity index (χ4v) is 3.28. The Morgan fingerprint density at radius 1 is 1.35 bits per heavy atom. The largest absolute Gasteiger partial charge is 0.308 e. The standard InChI is InChI=1S/C15H20N2OS2/c1-12(8-9-20(2)18)16-10-15-17-14(11-19-15)13-6-4-3-5-7-13/h3-7,11-12,16H,8-10H2,1-2H3. The predicted octanol–water partition coefficient (Wildman–Crippen LogP) is 3.06.